The lowest BCUT2D eigenvalue weighted by atomic mass is 9.93. The van der Waals surface area contributed by atoms with Gasteiger partial charge in [-0.2, -0.15) is 18.4 Å². The van der Waals surface area contributed by atoms with Gasteiger partial charge in [0.1, 0.15) is 11.7 Å². The Morgan fingerprint density at radius 2 is 2.03 bits per heavy atom. The highest BCUT2D eigenvalue weighted by molar-refractivity contribution is 5.95. The maximum absolute atomic E-state index is 15.0. The van der Waals surface area contributed by atoms with Crippen LogP contribution in [0.4, 0.5) is 23.2 Å². The highest BCUT2D eigenvalue weighted by Crippen LogP contribution is 2.34. The molecule has 0 aliphatic carbocycles. The van der Waals surface area contributed by atoms with Crippen LogP contribution in [-0.4, -0.2) is 79.6 Å². The number of carbonyl (C=O) groups excluding carboxylic acids is 1. The van der Waals surface area contributed by atoms with Crippen molar-refractivity contribution in [2.75, 3.05) is 44.7 Å². The molecule has 2 aromatic rings. The molecule has 4 rings (SSSR count). The number of pyridine rings is 1. The quantitative estimate of drug-likeness (QED) is 0.680. The second-order valence-corrected chi connectivity index (χ2v) is 8.88. The predicted molar refractivity (Wildman–Crippen MR) is 117 cm³/mol. The van der Waals surface area contributed by atoms with Gasteiger partial charge in [0, 0.05) is 30.4 Å². The largest absolute Gasteiger partial charge is 0.416 e. The summed E-state index contributed by atoms with van der Waals surface area (Å²) in [6.45, 7) is 0.116. The van der Waals surface area contributed by atoms with Crippen LogP contribution in [0, 0.1) is 11.3 Å². The van der Waals surface area contributed by atoms with Gasteiger partial charge >= 0.3 is 6.18 Å². The maximum atomic E-state index is 15.0. The van der Waals surface area contributed by atoms with E-state index in [9.17, 15) is 23.2 Å². The number of halogens is 4. The third kappa shape index (κ3) is 5.08. The Morgan fingerprint density at radius 3 is 2.71 bits per heavy atom. The number of nitrogens with zero attached hydrogens (tertiary/aromatic N) is 4. The van der Waals surface area contributed by atoms with E-state index >= 15 is 4.39 Å². The maximum Gasteiger partial charge on any atom is 0.416 e. The summed E-state index contributed by atoms with van der Waals surface area (Å²) in [7, 11) is 1.88. The van der Waals surface area contributed by atoms with Crippen molar-refractivity contribution >= 4 is 22.5 Å². The van der Waals surface area contributed by atoms with E-state index in [2.05, 4.69) is 10.3 Å². The van der Waals surface area contributed by atoms with E-state index in [0.717, 1.165) is 0 Å². The molecule has 0 saturated carbocycles. The number of fused-ring (bicyclic) bond motifs is 1. The first-order valence-corrected chi connectivity index (χ1v) is 11.0. The summed E-state index contributed by atoms with van der Waals surface area (Å²) in [5.41, 5.74) is -0.537. The topological polar surface area (TPSA) is 81.5 Å². The molecule has 34 heavy (non-hydrogen) atoms. The van der Waals surface area contributed by atoms with E-state index in [1.54, 1.807) is 18.2 Å². The third-order valence-corrected chi connectivity index (χ3v) is 6.43. The first kappa shape index (κ1) is 24.2. The lowest BCUT2D eigenvalue weighted by Gasteiger charge is -2.40. The van der Waals surface area contributed by atoms with Crippen molar-refractivity contribution in [3.05, 3.63) is 36.0 Å². The van der Waals surface area contributed by atoms with E-state index < -0.39 is 36.5 Å². The van der Waals surface area contributed by atoms with Crippen LogP contribution in [-0.2, 0) is 9.53 Å². The van der Waals surface area contributed by atoms with E-state index in [1.165, 1.54) is 17.2 Å². The fourth-order valence-electron chi connectivity index (χ4n) is 4.36. The minimum absolute atomic E-state index is 0.156. The number of nitrogens with one attached hydrogen (secondary N) is 1. The van der Waals surface area contributed by atoms with Crippen LogP contribution >= 0.6 is 0 Å². The average Bonchev–Trinajstić information content (AvgIpc) is 2.83. The summed E-state index contributed by atoms with van der Waals surface area (Å²) in [6.07, 6.45) is -6.39. The molecule has 182 valence electrons. The highest BCUT2D eigenvalue weighted by Gasteiger charge is 2.48. The SMILES string of the molecule is CN1CCC(F)(CNC(=O)[C@H]2CN(c3ccc(C#N)c4ncccc34)C[C@@H](C(F)(F)F)O2)CC1. The van der Waals surface area contributed by atoms with Gasteiger partial charge in [0.15, 0.2) is 12.2 Å². The van der Waals surface area contributed by atoms with E-state index in [1.807, 2.05) is 18.0 Å². The second kappa shape index (κ2) is 9.35. The molecule has 1 aromatic carbocycles. The minimum atomic E-state index is -4.70. The molecule has 0 unspecified atom stereocenters. The minimum Gasteiger partial charge on any atom is -0.365 e. The monoisotopic (exact) mass is 479 g/mol. The van der Waals surface area contributed by atoms with E-state index in [-0.39, 0.29) is 25.9 Å². The first-order valence-electron chi connectivity index (χ1n) is 11.0. The van der Waals surface area contributed by atoms with Crippen LogP contribution in [0.2, 0.25) is 0 Å². The van der Waals surface area contributed by atoms with Crippen molar-refractivity contribution in [2.45, 2.75) is 36.9 Å². The molecule has 1 aromatic heterocycles. The molecule has 3 heterocycles. The molecule has 0 radical (unpaired) electrons. The molecule has 1 N–H and O–H groups in total. The summed E-state index contributed by atoms with van der Waals surface area (Å²) in [5.74, 6) is -0.786. The Hall–Kier alpha value is -2.97. The molecule has 0 bridgehead atoms. The summed E-state index contributed by atoms with van der Waals surface area (Å²) >= 11 is 0. The Morgan fingerprint density at radius 1 is 1.29 bits per heavy atom. The van der Waals surface area contributed by atoms with Crippen LogP contribution < -0.4 is 10.2 Å². The van der Waals surface area contributed by atoms with Gasteiger partial charge < -0.3 is 19.9 Å². The number of carbonyl (C=O) groups is 1. The number of anilines is 1. The number of piperidine rings is 1. The number of benzene rings is 1. The zero-order valence-corrected chi connectivity index (χ0v) is 18.6. The number of likely N-dealkylation sites (tertiary alicyclic amines) is 1. The summed E-state index contributed by atoms with van der Waals surface area (Å²) in [6, 6.07) is 8.36. The zero-order valence-electron chi connectivity index (χ0n) is 18.6. The van der Waals surface area contributed by atoms with Crippen LogP contribution in [0.25, 0.3) is 10.9 Å². The van der Waals surface area contributed by atoms with E-state index in [0.29, 0.717) is 35.2 Å². The second-order valence-electron chi connectivity index (χ2n) is 8.88. The van der Waals surface area contributed by atoms with Gasteiger partial charge in [-0.25, -0.2) is 4.39 Å². The van der Waals surface area contributed by atoms with Gasteiger partial charge in [-0.1, -0.05) is 0 Å². The van der Waals surface area contributed by atoms with Crippen LogP contribution in [0.15, 0.2) is 30.5 Å². The zero-order chi connectivity index (χ0) is 24.5. The molecule has 7 nitrogen and oxygen atoms in total. The Balaban J connectivity index is 1.56. The fraction of sp³-hybridized carbons (Fsp3) is 0.522. The summed E-state index contributed by atoms with van der Waals surface area (Å²) < 4.78 is 61.2. The molecule has 2 aliphatic heterocycles. The molecule has 11 heteroatoms. The lowest BCUT2D eigenvalue weighted by molar-refractivity contribution is -0.234. The van der Waals surface area contributed by atoms with Crippen molar-refractivity contribution in [3.63, 3.8) is 0 Å². The van der Waals surface area contributed by atoms with E-state index in [4.69, 9.17) is 4.74 Å². The number of hydrogen-bond donors (Lipinski definition) is 1. The number of amides is 1. The average molecular weight is 479 g/mol. The molecule has 1 amide bonds. The number of ether oxygens (including phenoxy) is 1. The molecular formula is C23H25F4N5O2. The van der Waals surface area contributed by atoms with Gasteiger partial charge in [-0.15, -0.1) is 0 Å². The molecule has 2 saturated heterocycles. The van der Waals surface area contributed by atoms with Gasteiger partial charge in [0.25, 0.3) is 5.91 Å². The number of aromatic nitrogens is 1. The van der Waals surface area contributed by atoms with Gasteiger partial charge in [0.05, 0.1) is 30.7 Å². The summed E-state index contributed by atoms with van der Waals surface area (Å²) in [5, 5.41) is 12.3. The number of alkyl halides is 4. The number of rotatable bonds is 4. The van der Waals surface area contributed by atoms with Crippen molar-refractivity contribution in [3.8, 4) is 6.07 Å². The predicted octanol–water partition coefficient (Wildman–Crippen LogP) is 2.79. The van der Waals surface area contributed by atoms with Gasteiger partial charge in [-0.3, -0.25) is 9.78 Å². The number of nitriles is 1. The van der Waals surface area contributed by atoms with Crippen molar-refractivity contribution < 1.29 is 27.1 Å². The first-order chi connectivity index (χ1) is 16.1. The number of hydrogen-bond acceptors (Lipinski definition) is 6. The summed E-state index contributed by atoms with van der Waals surface area (Å²) in [4.78, 5) is 20.4. The number of morpholine rings is 1. The van der Waals surface area contributed by atoms with Crippen LogP contribution in [0.3, 0.4) is 0 Å². The van der Waals surface area contributed by atoms with Crippen molar-refractivity contribution in [1.29, 1.82) is 5.26 Å². The van der Waals surface area contributed by atoms with Gasteiger partial charge in [0.2, 0.25) is 0 Å². The van der Waals surface area contributed by atoms with Crippen molar-refractivity contribution in [1.82, 2.24) is 15.2 Å². The van der Waals surface area contributed by atoms with Crippen molar-refractivity contribution in [2.24, 2.45) is 0 Å². The van der Waals surface area contributed by atoms with Crippen LogP contribution in [0.5, 0.6) is 0 Å². The highest BCUT2D eigenvalue weighted by atomic mass is 19.4. The lowest BCUT2D eigenvalue weighted by Crippen LogP contribution is -2.58. The standard InChI is InChI=1S/C23H25F4N5O2/c1-31-9-6-22(24,7-10-31)14-30-21(33)18-12-32(13-19(34-18)23(25,26)27)17-5-4-15(11-28)20-16(17)3-2-8-29-20/h2-5,8,18-19H,6-7,9-10,12-14H2,1H3,(H,30,33)/t18-,19+/m1/s1. The van der Waals surface area contributed by atoms with Gasteiger partial charge in [-0.05, 0) is 44.2 Å². The molecule has 2 atom stereocenters. The molecule has 2 fully saturated rings. The normalized spacial score (nSPS) is 23.5. The fourth-order valence-corrected chi connectivity index (χ4v) is 4.36. The third-order valence-electron chi connectivity index (χ3n) is 6.43. The van der Waals surface area contributed by atoms with Crippen LogP contribution in [0.1, 0.15) is 18.4 Å². The Bertz CT molecular complexity index is 1090. The Kier molecular flexibility index (Phi) is 6.64. The molecule has 0 spiro atoms. The Labute approximate surface area is 194 Å². The smallest absolute Gasteiger partial charge is 0.365 e. The molecule has 2 aliphatic rings. The molecular weight excluding hydrogens is 454 g/mol.